The standard InChI is InChI=1S/C12H19NO5/c1-7-12(2,5-6-17-7)13-10(14)8-3-4-9(18-8)11(15)16/h7-9H,3-6H2,1-2H3,(H,13,14)(H,15,16). The largest absolute Gasteiger partial charge is 0.479 e. The van der Waals surface area contributed by atoms with E-state index in [0.29, 0.717) is 19.4 Å². The third-order valence-electron chi connectivity index (χ3n) is 3.88. The minimum atomic E-state index is -1.01. The number of carboxylic acid groups (broad SMARTS) is 1. The lowest BCUT2D eigenvalue weighted by molar-refractivity contribution is -0.152. The third kappa shape index (κ3) is 2.49. The molecule has 0 aromatic carbocycles. The predicted molar refractivity (Wildman–Crippen MR) is 62.1 cm³/mol. The molecule has 6 nitrogen and oxygen atoms in total. The van der Waals surface area contributed by atoms with Gasteiger partial charge in [0.2, 0.25) is 5.91 Å². The highest BCUT2D eigenvalue weighted by molar-refractivity contribution is 5.83. The molecule has 102 valence electrons. The molecule has 0 bridgehead atoms. The van der Waals surface area contributed by atoms with Crippen LogP contribution in [0.4, 0.5) is 0 Å². The summed E-state index contributed by atoms with van der Waals surface area (Å²) in [6, 6.07) is 0. The molecule has 2 aliphatic heterocycles. The number of amides is 1. The Balaban J connectivity index is 1.91. The van der Waals surface area contributed by atoms with E-state index in [2.05, 4.69) is 5.32 Å². The van der Waals surface area contributed by atoms with Crippen molar-refractivity contribution in [2.45, 2.75) is 57.0 Å². The highest BCUT2D eigenvalue weighted by Gasteiger charge is 2.42. The van der Waals surface area contributed by atoms with E-state index in [9.17, 15) is 9.59 Å². The van der Waals surface area contributed by atoms with Crippen LogP contribution in [0.15, 0.2) is 0 Å². The van der Waals surface area contributed by atoms with Gasteiger partial charge in [-0.05, 0) is 33.1 Å². The monoisotopic (exact) mass is 257 g/mol. The average molecular weight is 257 g/mol. The Morgan fingerprint density at radius 1 is 1.33 bits per heavy atom. The van der Waals surface area contributed by atoms with Gasteiger partial charge in [-0.2, -0.15) is 0 Å². The van der Waals surface area contributed by atoms with Gasteiger partial charge in [0.1, 0.15) is 6.10 Å². The van der Waals surface area contributed by atoms with Crippen LogP contribution in [-0.2, 0) is 19.1 Å². The lowest BCUT2D eigenvalue weighted by atomic mass is 9.94. The first-order chi connectivity index (χ1) is 8.42. The molecule has 0 aromatic rings. The van der Waals surface area contributed by atoms with Crippen molar-refractivity contribution in [3.8, 4) is 0 Å². The van der Waals surface area contributed by atoms with Gasteiger partial charge in [0.05, 0.1) is 11.6 Å². The van der Waals surface area contributed by atoms with Crippen molar-refractivity contribution in [1.29, 1.82) is 0 Å². The van der Waals surface area contributed by atoms with E-state index in [1.807, 2.05) is 13.8 Å². The van der Waals surface area contributed by atoms with Crippen LogP contribution < -0.4 is 5.32 Å². The zero-order valence-electron chi connectivity index (χ0n) is 10.6. The molecule has 2 aliphatic rings. The van der Waals surface area contributed by atoms with Crippen LogP contribution in [0.2, 0.25) is 0 Å². The molecule has 0 radical (unpaired) electrons. The number of carbonyl (C=O) groups excluding carboxylic acids is 1. The second kappa shape index (κ2) is 4.85. The minimum Gasteiger partial charge on any atom is -0.479 e. The summed E-state index contributed by atoms with van der Waals surface area (Å²) >= 11 is 0. The second-order valence-electron chi connectivity index (χ2n) is 5.20. The van der Waals surface area contributed by atoms with E-state index in [0.717, 1.165) is 6.42 Å². The number of carbonyl (C=O) groups is 2. The van der Waals surface area contributed by atoms with Gasteiger partial charge >= 0.3 is 5.97 Å². The van der Waals surface area contributed by atoms with E-state index < -0.39 is 18.2 Å². The zero-order chi connectivity index (χ0) is 13.3. The Labute approximate surface area is 106 Å². The molecule has 6 heteroatoms. The SMILES string of the molecule is CC1OCCC1(C)NC(=O)C1CCC(C(=O)O)O1. The van der Waals surface area contributed by atoms with Crippen LogP contribution >= 0.6 is 0 Å². The molecule has 2 rings (SSSR count). The Kier molecular flexibility index (Phi) is 3.59. The molecule has 2 fully saturated rings. The molecule has 18 heavy (non-hydrogen) atoms. The summed E-state index contributed by atoms with van der Waals surface area (Å²) in [6.07, 6.45) is 0.0406. The number of hydrogen-bond donors (Lipinski definition) is 2. The van der Waals surface area contributed by atoms with Crippen molar-refractivity contribution in [3.05, 3.63) is 0 Å². The fraction of sp³-hybridized carbons (Fsp3) is 0.833. The normalized spacial score (nSPS) is 39.8. The van der Waals surface area contributed by atoms with Gasteiger partial charge in [0.25, 0.3) is 0 Å². The Morgan fingerprint density at radius 3 is 2.50 bits per heavy atom. The van der Waals surface area contributed by atoms with Crippen molar-refractivity contribution < 1.29 is 24.2 Å². The van der Waals surface area contributed by atoms with Crippen LogP contribution in [-0.4, -0.2) is 47.4 Å². The molecule has 2 saturated heterocycles. The van der Waals surface area contributed by atoms with Crippen molar-refractivity contribution in [2.75, 3.05) is 6.61 Å². The number of aliphatic carboxylic acids is 1. The summed E-state index contributed by atoms with van der Waals surface area (Å²) in [5, 5.41) is 11.7. The summed E-state index contributed by atoms with van der Waals surface area (Å²) < 4.78 is 10.7. The number of hydrogen-bond acceptors (Lipinski definition) is 4. The topological polar surface area (TPSA) is 84.9 Å². The van der Waals surface area contributed by atoms with Crippen LogP contribution in [0.25, 0.3) is 0 Å². The number of carboxylic acids is 1. The maximum Gasteiger partial charge on any atom is 0.332 e. The van der Waals surface area contributed by atoms with Crippen molar-refractivity contribution in [1.82, 2.24) is 5.32 Å². The molecule has 2 heterocycles. The lowest BCUT2D eigenvalue weighted by Gasteiger charge is -2.30. The van der Waals surface area contributed by atoms with Gasteiger partial charge in [-0.1, -0.05) is 0 Å². The van der Waals surface area contributed by atoms with E-state index >= 15 is 0 Å². The lowest BCUT2D eigenvalue weighted by Crippen LogP contribution is -2.53. The van der Waals surface area contributed by atoms with Crippen LogP contribution in [0.3, 0.4) is 0 Å². The molecule has 0 aliphatic carbocycles. The van der Waals surface area contributed by atoms with Crippen LogP contribution in [0.1, 0.15) is 33.1 Å². The Morgan fingerprint density at radius 2 is 2.00 bits per heavy atom. The quantitative estimate of drug-likeness (QED) is 0.759. The molecule has 0 aromatic heterocycles. The average Bonchev–Trinajstić information content (AvgIpc) is 2.87. The van der Waals surface area contributed by atoms with E-state index in [4.69, 9.17) is 14.6 Å². The fourth-order valence-corrected chi connectivity index (χ4v) is 2.37. The van der Waals surface area contributed by atoms with Gasteiger partial charge in [-0.25, -0.2) is 4.79 Å². The van der Waals surface area contributed by atoms with Crippen molar-refractivity contribution >= 4 is 11.9 Å². The molecule has 2 N–H and O–H groups in total. The molecule has 1 amide bonds. The molecule has 0 saturated carbocycles. The number of nitrogens with one attached hydrogen (secondary N) is 1. The maximum absolute atomic E-state index is 12.0. The van der Waals surface area contributed by atoms with Crippen molar-refractivity contribution in [2.24, 2.45) is 0 Å². The third-order valence-corrected chi connectivity index (χ3v) is 3.88. The van der Waals surface area contributed by atoms with Gasteiger partial charge in [-0.3, -0.25) is 4.79 Å². The first-order valence-electron chi connectivity index (χ1n) is 6.24. The summed E-state index contributed by atoms with van der Waals surface area (Å²) in [5.41, 5.74) is -0.387. The Bertz CT molecular complexity index is 358. The summed E-state index contributed by atoms with van der Waals surface area (Å²) in [5.74, 6) is -1.24. The highest BCUT2D eigenvalue weighted by Crippen LogP contribution is 2.27. The van der Waals surface area contributed by atoms with E-state index in [1.54, 1.807) is 0 Å². The maximum atomic E-state index is 12.0. The number of ether oxygens (including phenoxy) is 2. The second-order valence-corrected chi connectivity index (χ2v) is 5.20. The molecular formula is C12H19NO5. The summed E-state index contributed by atoms with van der Waals surface area (Å²) in [6.45, 7) is 4.48. The van der Waals surface area contributed by atoms with Crippen molar-refractivity contribution in [3.63, 3.8) is 0 Å². The summed E-state index contributed by atoms with van der Waals surface area (Å²) in [7, 11) is 0. The summed E-state index contributed by atoms with van der Waals surface area (Å²) in [4.78, 5) is 22.8. The number of rotatable bonds is 3. The first kappa shape index (κ1) is 13.3. The van der Waals surface area contributed by atoms with Gasteiger partial charge in [0.15, 0.2) is 6.10 Å². The Hall–Kier alpha value is -1.14. The van der Waals surface area contributed by atoms with E-state index in [-0.39, 0.29) is 17.6 Å². The first-order valence-corrected chi connectivity index (χ1v) is 6.24. The molecule has 4 atom stereocenters. The fourth-order valence-electron chi connectivity index (χ4n) is 2.37. The smallest absolute Gasteiger partial charge is 0.332 e. The zero-order valence-corrected chi connectivity index (χ0v) is 10.6. The molecular weight excluding hydrogens is 238 g/mol. The van der Waals surface area contributed by atoms with Gasteiger partial charge in [-0.15, -0.1) is 0 Å². The molecule has 4 unspecified atom stereocenters. The minimum absolute atomic E-state index is 0.0434. The van der Waals surface area contributed by atoms with Crippen LogP contribution in [0, 0.1) is 0 Å². The van der Waals surface area contributed by atoms with E-state index in [1.165, 1.54) is 0 Å². The van der Waals surface area contributed by atoms with Gasteiger partial charge in [0, 0.05) is 6.61 Å². The van der Waals surface area contributed by atoms with Gasteiger partial charge < -0.3 is 19.9 Å². The highest BCUT2D eigenvalue weighted by atomic mass is 16.5. The van der Waals surface area contributed by atoms with Crippen LogP contribution in [0.5, 0.6) is 0 Å². The molecule has 0 spiro atoms. The predicted octanol–water partition coefficient (Wildman–Crippen LogP) is 0.302.